The molecular weight excluding hydrogens is 584 g/mol. The molecule has 0 heterocycles. The Balaban J connectivity index is 1.46. The molecule has 8 heteroatoms. The third-order valence-corrected chi connectivity index (χ3v) is 7.85. The Hall–Kier alpha value is -5.18. The Morgan fingerprint density at radius 3 is 1.41 bits per heavy atom. The lowest BCUT2D eigenvalue weighted by atomic mass is 9.60. The van der Waals surface area contributed by atoms with Crippen LogP contribution in [0.15, 0.2) is 122 Å². The van der Waals surface area contributed by atoms with Crippen molar-refractivity contribution in [3.05, 3.63) is 156 Å². The highest BCUT2D eigenvalue weighted by molar-refractivity contribution is 5.81. The van der Waals surface area contributed by atoms with E-state index in [0.717, 1.165) is 40.8 Å². The predicted molar refractivity (Wildman–Crippen MR) is 173 cm³/mol. The van der Waals surface area contributed by atoms with Crippen molar-refractivity contribution in [1.82, 2.24) is 0 Å². The van der Waals surface area contributed by atoms with Gasteiger partial charge in [0.15, 0.2) is 0 Å². The van der Waals surface area contributed by atoms with E-state index in [0.29, 0.717) is 11.5 Å². The van der Waals surface area contributed by atoms with E-state index in [1.54, 1.807) is 0 Å². The molecule has 0 fully saturated rings. The summed E-state index contributed by atoms with van der Waals surface area (Å²) in [6, 6.07) is 32.5. The summed E-state index contributed by atoms with van der Waals surface area (Å²) in [5, 5.41) is 20.4. The first-order valence-electron chi connectivity index (χ1n) is 14.9. The Labute approximate surface area is 268 Å². The van der Waals surface area contributed by atoms with E-state index in [4.69, 9.17) is 18.9 Å². The number of rotatable bonds is 14. The number of esters is 2. The van der Waals surface area contributed by atoms with Gasteiger partial charge in [0.2, 0.25) is 0 Å². The summed E-state index contributed by atoms with van der Waals surface area (Å²) in [6.45, 7) is 6.21. The summed E-state index contributed by atoms with van der Waals surface area (Å²) >= 11 is 0. The van der Waals surface area contributed by atoms with Crippen molar-refractivity contribution in [2.75, 3.05) is 26.4 Å². The Morgan fingerprint density at radius 2 is 1.02 bits per heavy atom. The minimum atomic E-state index is -0.990. The van der Waals surface area contributed by atoms with Crippen LogP contribution in [0.2, 0.25) is 0 Å². The molecule has 0 spiro atoms. The van der Waals surface area contributed by atoms with Crippen LogP contribution >= 0.6 is 0 Å². The lowest BCUT2D eigenvalue weighted by molar-refractivity contribution is -0.142. The zero-order valence-corrected chi connectivity index (χ0v) is 25.3. The molecule has 0 radical (unpaired) electrons. The van der Waals surface area contributed by atoms with Crippen LogP contribution in [0, 0.1) is 0 Å². The zero-order chi connectivity index (χ0) is 32.5. The molecule has 46 heavy (non-hydrogen) atoms. The van der Waals surface area contributed by atoms with Crippen LogP contribution < -0.4 is 9.47 Å². The SMILES string of the molecule is C=CC(=O)OCC(O)COc1ccc(C2(c3ccc(OCC(O)COC(=O)C=C)cc3)c3ccccc3Cc3ccccc32)cc1. The first kappa shape index (κ1) is 32.2. The van der Waals surface area contributed by atoms with Crippen LogP contribution in [0.1, 0.15) is 33.4 Å². The number of aliphatic hydroxyl groups is 2. The molecule has 2 unspecified atom stereocenters. The van der Waals surface area contributed by atoms with Gasteiger partial charge in [-0.15, -0.1) is 0 Å². The summed E-state index contributed by atoms with van der Waals surface area (Å²) < 4.78 is 21.4. The fourth-order valence-electron chi connectivity index (χ4n) is 5.78. The van der Waals surface area contributed by atoms with Crippen molar-refractivity contribution in [1.29, 1.82) is 0 Å². The molecule has 2 N–H and O–H groups in total. The van der Waals surface area contributed by atoms with Crippen LogP contribution in [0.3, 0.4) is 0 Å². The number of carbonyl (C=O) groups is 2. The normalized spacial score (nSPS) is 14.0. The molecule has 4 aromatic rings. The van der Waals surface area contributed by atoms with Crippen LogP contribution in [0.5, 0.6) is 11.5 Å². The van der Waals surface area contributed by atoms with E-state index in [-0.39, 0.29) is 26.4 Å². The first-order chi connectivity index (χ1) is 22.3. The summed E-state index contributed by atoms with van der Waals surface area (Å²) in [6.07, 6.45) is 0.911. The lowest BCUT2D eigenvalue weighted by Gasteiger charge is -2.42. The highest BCUT2D eigenvalue weighted by atomic mass is 16.6. The first-order valence-corrected chi connectivity index (χ1v) is 14.9. The molecule has 0 saturated heterocycles. The Bertz CT molecular complexity index is 1550. The molecule has 4 aromatic carbocycles. The average molecular weight is 621 g/mol. The van der Waals surface area contributed by atoms with Crippen LogP contribution in [-0.4, -0.2) is 60.8 Å². The van der Waals surface area contributed by atoms with Gasteiger partial charge < -0.3 is 29.2 Å². The molecule has 2 atom stereocenters. The number of carbonyl (C=O) groups excluding carboxylic acids is 2. The maximum atomic E-state index is 11.3. The van der Waals surface area contributed by atoms with E-state index in [2.05, 4.69) is 61.7 Å². The van der Waals surface area contributed by atoms with Crippen LogP contribution in [0.25, 0.3) is 0 Å². The molecule has 1 aliphatic rings. The summed E-state index contributed by atoms with van der Waals surface area (Å²) in [5.74, 6) is -0.0890. The smallest absolute Gasteiger partial charge is 0.330 e. The van der Waals surface area contributed by atoms with E-state index in [1.807, 2.05) is 48.5 Å². The van der Waals surface area contributed by atoms with Gasteiger partial charge in [0.25, 0.3) is 0 Å². The molecule has 236 valence electrons. The molecule has 0 bridgehead atoms. The molecule has 8 nitrogen and oxygen atoms in total. The van der Waals surface area contributed by atoms with Gasteiger partial charge in [-0.25, -0.2) is 9.59 Å². The minimum absolute atomic E-state index is 0.0482. The quantitative estimate of drug-likeness (QED) is 0.133. The second kappa shape index (κ2) is 14.7. The number of aliphatic hydroxyl groups excluding tert-OH is 2. The zero-order valence-electron chi connectivity index (χ0n) is 25.3. The van der Waals surface area contributed by atoms with Crippen molar-refractivity contribution < 1.29 is 38.7 Å². The largest absolute Gasteiger partial charge is 0.491 e. The van der Waals surface area contributed by atoms with Gasteiger partial charge in [0.05, 0.1) is 5.41 Å². The van der Waals surface area contributed by atoms with Crippen LogP contribution in [0.4, 0.5) is 0 Å². The maximum Gasteiger partial charge on any atom is 0.330 e. The second-order valence-electron chi connectivity index (χ2n) is 10.9. The molecule has 1 aliphatic carbocycles. The van der Waals surface area contributed by atoms with Gasteiger partial charge in [0.1, 0.15) is 50.1 Å². The van der Waals surface area contributed by atoms with Crippen molar-refractivity contribution >= 4 is 11.9 Å². The number of benzene rings is 4. The molecular formula is C38H36O8. The molecule has 0 saturated carbocycles. The Kier molecular flexibility index (Phi) is 10.3. The van der Waals surface area contributed by atoms with Crippen molar-refractivity contribution in [3.8, 4) is 11.5 Å². The lowest BCUT2D eigenvalue weighted by Crippen LogP contribution is -2.36. The van der Waals surface area contributed by atoms with Crippen LogP contribution in [-0.2, 0) is 30.9 Å². The second-order valence-corrected chi connectivity index (χ2v) is 10.9. The van der Waals surface area contributed by atoms with Gasteiger partial charge >= 0.3 is 11.9 Å². The fraction of sp³-hybridized carbons (Fsp3) is 0.211. The number of ether oxygens (including phenoxy) is 4. The third kappa shape index (κ3) is 7.04. The van der Waals surface area contributed by atoms with Gasteiger partial charge in [-0.05, 0) is 64.1 Å². The Morgan fingerprint density at radius 1 is 0.630 bits per heavy atom. The topological polar surface area (TPSA) is 112 Å². The average Bonchev–Trinajstić information content (AvgIpc) is 3.10. The van der Waals surface area contributed by atoms with Gasteiger partial charge in [-0.2, -0.15) is 0 Å². The number of hydrogen-bond acceptors (Lipinski definition) is 8. The molecule has 0 aliphatic heterocycles. The number of hydrogen-bond donors (Lipinski definition) is 2. The van der Waals surface area contributed by atoms with E-state index in [1.165, 1.54) is 11.1 Å². The van der Waals surface area contributed by atoms with Gasteiger partial charge in [-0.3, -0.25) is 0 Å². The standard InChI is InChI=1S/C38H36O8/c1-3-36(41)45-24-30(39)22-43-32-17-13-28(14-18-32)38(34-11-7-5-9-26(34)21-27-10-6-8-12-35(27)38)29-15-19-33(20-16-29)44-23-31(40)25-46-37(42)4-2/h3-20,30-31,39-40H,1-2,21-25H2. The molecule has 0 amide bonds. The molecule has 0 aromatic heterocycles. The van der Waals surface area contributed by atoms with Gasteiger partial charge in [0, 0.05) is 12.2 Å². The predicted octanol–water partition coefficient (Wildman–Crippen LogP) is 4.91. The number of fused-ring (bicyclic) bond motifs is 2. The summed E-state index contributed by atoms with van der Waals surface area (Å²) in [7, 11) is 0. The van der Waals surface area contributed by atoms with E-state index in [9.17, 15) is 19.8 Å². The maximum absolute atomic E-state index is 11.3. The van der Waals surface area contributed by atoms with Crippen molar-refractivity contribution in [2.45, 2.75) is 24.0 Å². The van der Waals surface area contributed by atoms with Gasteiger partial charge in [-0.1, -0.05) is 86.0 Å². The fourth-order valence-corrected chi connectivity index (χ4v) is 5.78. The van der Waals surface area contributed by atoms with Crippen molar-refractivity contribution in [2.24, 2.45) is 0 Å². The summed E-state index contributed by atoms with van der Waals surface area (Å²) in [5.41, 5.74) is 6.14. The van der Waals surface area contributed by atoms with E-state index >= 15 is 0 Å². The minimum Gasteiger partial charge on any atom is -0.491 e. The third-order valence-electron chi connectivity index (χ3n) is 7.85. The van der Waals surface area contributed by atoms with Crippen molar-refractivity contribution in [3.63, 3.8) is 0 Å². The summed E-state index contributed by atoms with van der Waals surface area (Å²) in [4.78, 5) is 22.6. The highest BCUT2D eigenvalue weighted by Crippen LogP contribution is 2.51. The molecule has 5 rings (SSSR count). The highest BCUT2D eigenvalue weighted by Gasteiger charge is 2.43. The monoisotopic (exact) mass is 620 g/mol. The van der Waals surface area contributed by atoms with E-state index < -0.39 is 29.6 Å².